The van der Waals surface area contributed by atoms with Crippen LogP contribution in [0.1, 0.15) is 12.0 Å². The molecular weight excluding hydrogens is 360 g/mol. The van der Waals surface area contributed by atoms with E-state index in [0.29, 0.717) is 5.69 Å². The third kappa shape index (κ3) is 5.55. The first kappa shape index (κ1) is 19.4. The summed E-state index contributed by atoms with van der Waals surface area (Å²) in [7, 11) is -3.42. The van der Waals surface area contributed by atoms with Crippen LogP contribution in [-0.4, -0.2) is 31.8 Å². The standard InChI is InChI=1S/C17H18N2O6S/c1-13-3-9-16(10-4-13)26(23,24)12-2-11-25-17(20)18-14-5-7-15(8-6-14)19(21)22/h3-10H,2,11-12H2,1H3,(H,18,20). The Hall–Kier alpha value is -2.94. The van der Waals surface area contributed by atoms with E-state index >= 15 is 0 Å². The number of non-ortho nitro benzene ring substituents is 1. The molecule has 138 valence electrons. The van der Waals surface area contributed by atoms with Gasteiger partial charge in [0.15, 0.2) is 9.84 Å². The fraction of sp³-hybridized carbons (Fsp3) is 0.235. The molecule has 0 fully saturated rings. The second-order valence-electron chi connectivity index (χ2n) is 5.55. The molecule has 8 nitrogen and oxygen atoms in total. The van der Waals surface area contributed by atoms with Gasteiger partial charge in [0.05, 0.1) is 22.2 Å². The number of nitro groups is 1. The molecule has 0 bridgehead atoms. The van der Waals surface area contributed by atoms with Gasteiger partial charge in [-0.3, -0.25) is 15.4 Å². The molecule has 26 heavy (non-hydrogen) atoms. The van der Waals surface area contributed by atoms with Gasteiger partial charge in [0.25, 0.3) is 5.69 Å². The van der Waals surface area contributed by atoms with E-state index in [9.17, 15) is 23.3 Å². The van der Waals surface area contributed by atoms with Crippen molar-refractivity contribution in [2.45, 2.75) is 18.2 Å². The number of anilines is 1. The molecule has 0 saturated heterocycles. The Morgan fingerprint density at radius 1 is 1.12 bits per heavy atom. The zero-order valence-electron chi connectivity index (χ0n) is 14.0. The molecule has 0 radical (unpaired) electrons. The quantitative estimate of drug-likeness (QED) is 0.449. The molecule has 2 rings (SSSR count). The van der Waals surface area contributed by atoms with Crippen molar-refractivity contribution < 1.29 is 22.9 Å². The van der Waals surface area contributed by atoms with Gasteiger partial charge in [-0.15, -0.1) is 0 Å². The normalized spacial score (nSPS) is 11.0. The molecule has 1 N–H and O–H groups in total. The lowest BCUT2D eigenvalue weighted by Crippen LogP contribution is -2.16. The van der Waals surface area contributed by atoms with Crippen LogP contribution in [0.2, 0.25) is 0 Å². The summed E-state index contributed by atoms with van der Waals surface area (Å²) in [6.07, 6.45) is -0.601. The Labute approximate surface area is 150 Å². The Balaban J connectivity index is 1.77. The number of ether oxygens (including phenoxy) is 1. The maximum absolute atomic E-state index is 12.2. The lowest BCUT2D eigenvalue weighted by Gasteiger charge is -2.08. The predicted molar refractivity (Wildman–Crippen MR) is 95.9 cm³/mol. The Morgan fingerprint density at radius 3 is 2.31 bits per heavy atom. The van der Waals surface area contributed by atoms with Crippen molar-refractivity contribution in [2.75, 3.05) is 17.7 Å². The van der Waals surface area contributed by atoms with Crippen molar-refractivity contribution in [1.29, 1.82) is 0 Å². The van der Waals surface area contributed by atoms with Crippen LogP contribution in [0.15, 0.2) is 53.4 Å². The smallest absolute Gasteiger partial charge is 0.411 e. The van der Waals surface area contributed by atoms with Gasteiger partial charge in [-0.25, -0.2) is 13.2 Å². The summed E-state index contributed by atoms with van der Waals surface area (Å²) >= 11 is 0. The van der Waals surface area contributed by atoms with Crippen molar-refractivity contribution in [3.05, 3.63) is 64.2 Å². The van der Waals surface area contributed by atoms with Crippen LogP contribution in [0.3, 0.4) is 0 Å². The van der Waals surface area contributed by atoms with Crippen LogP contribution in [0.25, 0.3) is 0 Å². The molecule has 0 aromatic heterocycles. The zero-order valence-corrected chi connectivity index (χ0v) is 14.9. The molecule has 0 unspecified atom stereocenters. The number of rotatable bonds is 7. The zero-order chi connectivity index (χ0) is 19.2. The lowest BCUT2D eigenvalue weighted by molar-refractivity contribution is -0.384. The number of sulfone groups is 1. The van der Waals surface area contributed by atoms with E-state index in [1.54, 1.807) is 24.3 Å². The van der Waals surface area contributed by atoms with Crippen molar-refractivity contribution in [1.82, 2.24) is 0 Å². The van der Waals surface area contributed by atoms with Crippen LogP contribution in [0, 0.1) is 17.0 Å². The van der Waals surface area contributed by atoms with Crippen molar-refractivity contribution in [3.63, 3.8) is 0 Å². The highest BCUT2D eigenvalue weighted by Gasteiger charge is 2.14. The minimum Gasteiger partial charge on any atom is -0.449 e. The number of nitro benzene ring substituents is 1. The molecule has 0 saturated carbocycles. The van der Waals surface area contributed by atoms with Crippen LogP contribution in [-0.2, 0) is 14.6 Å². The molecule has 2 aromatic carbocycles. The minimum atomic E-state index is -3.42. The van der Waals surface area contributed by atoms with Gasteiger partial charge in [0.1, 0.15) is 0 Å². The summed E-state index contributed by atoms with van der Waals surface area (Å²) in [5.74, 6) is -0.138. The van der Waals surface area contributed by atoms with Crippen LogP contribution < -0.4 is 5.32 Å². The molecule has 0 aliphatic heterocycles. The molecular formula is C17H18N2O6S. The third-order valence-electron chi connectivity index (χ3n) is 3.50. The predicted octanol–water partition coefficient (Wildman–Crippen LogP) is 3.32. The summed E-state index contributed by atoms with van der Waals surface area (Å²) in [4.78, 5) is 21.9. The fourth-order valence-corrected chi connectivity index (χ4v) is 3.38. The molecule has 2 aromatic rings. The highest BCUT2D eigenvalue weighted by Crippen LogP contribution is 2.16. The molecule has 9 heteroatoms. The van der Waals surface area contributed by atoms with E-state index in [2.05, 4.69) is 5.32 Å². The molecule has 0 heterocycles. The SMILES string of the molecule is Cc1ccc(S(=O)(=O)CCCOC(=O)Nc2ccc([N+](=O)[O-])cc2)cc1. The number of carbonyl (C=O) groups excluding carboxylic acids is 1. The van der Waals surface area contributed by atoms with E-state index in [0.717, 1.165) is 5.56 Å². The second kappa shape index (κ2) is 8.43. The second-order valence-corrected chi connectivity index (χ2v) is 7.66. The van der Waals surface area contributed by atoms with Gasteiger partial charge in [-0.1, -0.05) is 17.7 Å². The van der Waals surface area contributed by atoms with E-state index in [1.807, 2.05) is 6.92 Å². The number of aryl methyl sites for hydroxylation is 1. The van der Waals surface area contributed by atoms with Gasteiger partial charge in [-0.2, -0.15) is 0 Å². The van der Waals surface area contributed by atoms with Gasteiger partial charge in [0, 0.05) is 17.8 Å². The highest BCUT2D eigenvalue weighted by molar-refractivity contribution is 7.91. The average molecular weight is 378 g/mol. The number of benzene rings is 2. The largest absolute Gasteiger partial charge is 0.449 e. The lowest BCUT2D eigenvalue weighted by atomic mass is 10.2. The van der Waals surface area contributed by atoms with Gasteiger partial charge in [0.2, 0.25) is 0 Å². The van der Waals surface area contributed by atoms with E-state index in [4.69, 9.17) is 4.74 Å². The summed E-state index contributed by atoms with van der Waals surface area (Å²) in [5.41, 5.74) is 1.22. The number of hydrogen-bond acceptors (Lipinski definition) is 6. The first-order valence-corrected chi connectivity index (χ1v) is 9.41. The number of nitrogens with zero attached hydrogens (tertiary/aromatic N) is 1. The van der Waals surface area contributed by atoms with Gasteiger partial charge in [-0.05, 0) is 37.6 Å². The topological polar surface area (TPSA) is 116 Å². The van der Waals surface area contributed by atoms with Crippen molar-refractivity contribution >= 4 is 27.3 Å². The van der Waals surface area contributed by atoms with Crippen molar-refractivity contribution in [2.24, 2.45) is 0 Å². The highest BCUT2D eigenvalue weighted by atomic mass is 32.2. The Morgan fingerprint density at radius 2 is 1.73 bits per heavy atom. The number of hydrogen-bond donors (Lipinski definition) is 1. The maximum Gasteiger partial charge on any atom is 0.411 e. The molecule has 0 aliphatic rings. The first-order chi connectivity index (χ1) is 12.3. The maximum atomic E-state index is 12.2. The third-order valence-corrected chi connectivity index (χ3v) is 5.31. The average Bonchev–Trinajstić information content (AvgIpc) is 2.59. The Kier molecular flexibility index (Phi) is 6.29. The van der Waals surface area contributed by atoms with E-state index in [-0.39, 0.29) is 29.4 Å². The minimum absolute atomic E-state index is 0.0656. The first-order valence-electron chi connectivity index (χ1n) is 7.75. The molecule has 0 aliphatic carbocycles. The number of nitrogens with one attached hydrogen (secondary N) is 1. The molecule has 0 atom stereocenters. The van der Waals surface area contributed by atoms with Crippen molar-refractivity contribution in [3.8, 4) is 0 Å². The molecule has 0 spiro atoms. The summed E-state index contributed by atoms with van der Waals surface area (Å²) < 4.78 is 29.2. The van der Waals surface area contributed by atoms with Gasteiger partial charge >= 0.3 is 6.09 Å². The van der Waals surface area contributed by atoms with E-state index < -0.39 is 20.9 Å². The van der Waals surface area contributed by atoms with Gasteiger partial charge < -0.3 is 4.74 Å². The van der Waals surface area contributed by atoms with Crippen LogP contribution in [0.5, 0.6) is 0 Å². The fourth-order valence-electron chi connectivity index (χ4n) is 2.10. The summed E-state index contributed by atoms with van der Waals surface area (Å²) in [6, 6.07) is 11.8. The Bertz CT molecular complexity index is 876. The van der Waals surface area contributed by atoms with Crippen LogP contribution >= 0.6 is 0 Å². The van der Waals surface area contributed by atoms with E-state index in [1.165, 1.54) is 24.3 Å². The van der Waals surface area contributed by atoms with Crippen LogP contribution in [0.4, 0.5) is 16.2 Å². The number of carbonyl (C=O) groups is 1. The number of amides is 1. The summed E-state index contributed by atoms with van der Waals surface area (Å²) in [5, 5.41) is 13.0. The summed E-state index contributed by atoms with van der Waals surface area (Å²) in [6.45, 7) is 1.80. The monoisotopic (exact) mass is 378 g/mol. The molecule has 1 amide bonds.